The smallest absolute Gasteiger partial charge is 0.274 e. The SMILES string of the molecule is Cc1cc(C)cc(OCCC(=O)Nc2cccc([N+](=O)[O-])c2C)c1. The second-order valence-corrected chi connectivity index (χ2v) is 5.68. The summed E-state index contributed by atoms with van der Waals surface area (Å²) < 4.78 is 5.60. The Balaban J connectivity index is 1.92. The van der Waals surface area contributed by atoms with Crippen molar-refractivity contribution in [3.63, 3.8) is 0 Å². The monoisotopic (exact) mass is 328 g/mol. The maximum Gasteiger partial charge on any atom is 0.274 e. The molecule has 0 spiro atoms. The Morgan fingerprint density at radius 3 is 2.46 bits per heavy atom. The van der Waals surface area contributed by atoms with Crippen molar-refractivity contribution in [2.24, 2.45) is 0 Å². The van der Waals surface area contributed by atoms with Crippen LogP contribution < -0.4 is 10.1 Å². The summed E-state index contributed by atoms with van der Waals surface area (Å²) in [5.41, 5.74) is 3.06. The molecule has 0 unspecified atom stereocenters. The third kappa shape index (κ3) is 4.55. The lowest BCUT2D eigenvalue weighted by atomic mass is 10.1. The number of benzene rings is 2. The summed E-state index contributed by atoms with van der Waals surface area (Å²) in [5, 5.41) is 13.6. The van der Waals surface area contributed by atoms with Crippen molar-refractivity contribution in [1.82, 2.24) is 0 Å². The highest BCUT2D eigenvalue weighted by Crippen LogP contribution is 2.25. The Bertz CT molecular complexity index is 751. The van der Waals surface area contributed by atoms with Crippen molar-refractivity contribution in [1.29, 1.82) is 0 Å². The number of hydrogen-bond acceptors (Lipinski definition) is 4. The number of nitrogens with zero attached hydrogens (tertiary/aromatic N) is 1. The van der Waals surface area contributed by atoms with E-state index in [0.29, 0.717) is 11.3 Å². The van der Waals surface area contributed by atoms with Gasteiger partial charge in [-0.15, -0.1) is 0 Å². The van der Waals surface area contributed by atoms with Gasteiger partial charge in [0.05, 0.1) is 29.2 Å². The summed E-state index contributed by atoms with van der Waals surface area (Å²) in [4.78, 5) is 22.5. The van der Waals surface area contributed by atoms with Crippen LogP contribution in [0.3, 0.4) is 0 Å². The maximum absolute atomic E-state index is 12.0. The summed E-state index contributed by atoms with van der Waals surface area (Å²) in [5.74, 6) is 0.481. The average molecular weight is 328 g/mol. The van der Waals surface area contributed by atoms with Crippen LogP contribution in [0.4, 0.5) is 11.4 Å². The Kier molecular flexibility index (Phi) is 5.52. The van der Waals surface area contributed by atoms with Gasteiger partial charge in [-0.05, 0) is 50.1 Å². The van der Waals surface area contributed by atoms with Gasteiger partial charge in [0, 0.05) is 6.07 Å². The molecule has 1 amide bonds. The molecule has 0 radical (unpaired) electrons. The van der Waals surface area contributed by atoms with Crippen molar-refractivity contribution in [3.05, 3.63) is 63.2 Å². The van der Waals surface area contributed by atoms with Crippen LogP contribution in [0.25, 0.3) is 0 Å². The zero-order valence-electron chi connectivity index (χ0n) is 14.0. The van der Waals surface area contributed by atoms with Gasteiger partial charge in [0.2, 0.25) is 5.91 Å². The van der Waals surface area contributed by atoms with E-state index in [1.165, 1.54) is 6.07 Å². The molecule has 2 rings (SSSR count). The standard InChI is InChI=1S/C18H20N2O4/c1-12-9-13(2)11-15(10-12)24-8-7-18(21)19-16-5-4-6-17(14(16)3)20(22)23/h4-6,9-11H,7-8H2,1-3H3,(H,19,21). The lowest BCUT2D eigenvalue weighted by Crippen LogP contribution is -2.16. The van der Waals surface area contributed by atoms with Gasteiger partial charge in [0.25, 0.3) is 5.69 Å². The fourth-order valence-corrected chi connectivity index (χ4v) is 2.45. The van der Waals surface area contributed by atoms with Crippen LogP contribution >= 0.6 is 0 Å². The number of anilines is 1. The van der Waals surface area contributed by atoms with Crippen molar-refractivity contribution in [2.75, 3.05) is 11.9 Å². The van der Waals surface area contributed by atoms with Gasteiger partial charge < -0.3 is 10.1 Å². The first kappa shape index (κ1) is 17.5. The van der Waals surface area contributed by atoms with Crippen LogP contribution in [0, 0.1) is 30.9 Å². The molecular weight excluding hydrogens is 308 g/mol. The first-order valence-corrected chi connectivity index (χ1v) is 7.62. The Morgan fingerprint density at radius 1 is 1.17 bits per heavy atom. The minimum absolute atomic E-state index is 0.0146. The first-order chi connectivity index (χ1) is 11.4. The van der Waals surface area contributed by atoms with E-state index in [1.54, 1.807) is 19.1 Å². The molecule has 0 heterocycles. The highest BCUT2D eigenvalue weighted by atomic mass is 16.6. The van der Waals surface area contributed by atoms with Gasteiger partial charge >= 0.3 is 0 Å². The predicted molar refractivity (Wildman–Crippen MR) is 92.5 cm³/mol. The molecule has 0 saturated heterocycles. The van der Waals surface area contributed by atoms with Crippen molar-refractivity contribution in [2.45, 2.75) is 27.2 Å². The van der Waals surface area contributed by atoms with E-state index in [0.717, 1.165) is 16.9 Å². The van der Waals surface area contributed by atoms with Crippen LogP contribution in [-0.4, -0.2) is 17.4 Å². The quantitative estimate of drug-likeness (QED) is 0.643. The summed E-state index contributed by atoms with van der Waals surface area (Å²) >= 11 is 0. The molecule has 0 bridgehead atoms. The van der Waals surface area contributed by atoms with E-state index < -0.39 is 4.92 Å². The third-order valence-corrected chi connectivity index (χ3v) is 3.57. The number of carbonyl (C=O) groups excluding carboxylic acids is 1. The number of nitro groups is 1. The van der Waals surface area contributed by atoms with E-state index >= 15 is 0 Å². The summed E-state index contributed by atoms with van der Waals surface area (Å²) in [6.07, 6.45) is 0.162. The number of aryl methyl sites for hydroxylation is 2. The minimum atomic E-state index is -0.464. The number of ether oxygens (including phenoxy) is 1. The summed E-state index contributed by atoms with van der Waals surface area (Å²) in [6, 6.07) is 10.5. The van der Waals surface area contributed by atoms with Crippen LogP contribution in [-0.2, 0) is 4.79 Å². The second kappa shape index (κ2) is 7.59. The molecule has 6 heteroatoms. The van der Waals surface area contributed by atoms with Gasteiger partial charge in [-0.25, -0.2) is 0 Å². The number of rotatable bonds is 6. The molecule has 24 heavy (non-hydrogen) atoms. The molecule has 0 aliphatic heterocycles. The average Bonchev–Trinajstić information content (AvgIpc) is 2.48. The minimum Gasteiger partial charge on any atom is -0.493 e. The fraction of sp³-hybridized carbons (Fsp3) is 0.278. The van der Waals surface area contributed by atoms with Gasteiger partial charge in [0.1, 0.15) is 5.75 Å². The number of nitro benzene ring substituents is 1. The van der Waals surface area contributed by atoms with Crippen LogP contribution in [0.5, 0.6) is 5.75 Å². The molecule has 0 atom stereocenters. The Labute approximate surface area is 140 Å². The molecule has 2 aromatic rings. The van der Waals surface area contributed by atoms with Crippen molar-refractivity contribution >= 4 is 17.3 Å². The highest BCUT2D eigenvalue weighted by molar-refractivity contribution is 5.92. The zero-order valence-corrected chi connectivity index (χ0v) is 14.0. The number of nitrogens with one attached hydrogen (secondary N) is 1. The number of carbonyl (C=O) groups is 1. The van der Waals surface area contributed by atoms with Gasteiger partial charge in [0.15, 0.2) is 0 Å². The predicted octanol–water partition coefficient (Wildman–Crippen LogP) is 3.93. The normalized spacial score (nSPS) is 10.3. The molecule has 6 nitrogen and oxygen atoms in total. The van der Waals surface area contributed by atoms with Crippen molar-refractivity contribution < 1.29 is 14.5 Å². The zero-order chi connectivity index (χ0) is 17.7. The Morgan fingerprint density at radius 2 is 1.83 bits per heavy atom. The lowest BCUT2D eigenvalue weighted by Gasteiger charge is -2.10. The fourth-order valence-electron chi connectivity index (χ4n) is 2.45. The van der Waals surface area contributed by atoms with Gasteiger partial charge in [-0.1, -0.05) is 12.1 Å². The molecule has 2 aromatic carbocycles. The molecule has 1 N–H and O–H groups in total. The number of amides is 1. The molecular formula is C18H20N2O4. The van der Waals surface area contributed by atoms with E-state index in [4.69, 9.17) is 4.74 Å². The third-order valence-electron chi connectivity index (χ3n) is 3.57. The molecule has 0 fully saturated rings. The topological polar surface area (TPSA) is 81.5 Å². The van der Waals surface area contributed by atoms with Crippen LogP contribution in [0.2, 0.25) is 0 Å². The van der Waals surface area contributed by atoms with E-state index in [2.05, 4.69) is 5.32 Å². The van der Waals surface area contributed by atoms with Crippen molar-refractivity contribution in [3.8, 4) is 5.75 Å². The molecule has 0 aromatic heterocycles. The van der Waals surface area contributed by atoms with Gasteiger partial charge in [-0.2, -0.15) is 0 Å². The Hall–Kier alpha value is -2.89. The largest absolute Gasteiger partial charge is 0.493 e. The first-order valence-electron chi connectivity index (χ1n) is 7.62. The summed E-state index contributed by atoms with van der Waals surface area (Å²) in [7, 11) is 0. The number of hydrogen-bond donors (Lipinski definition) is 1. The second-order valence-electron chi connectivity index (χ2n) is 5.68. The van der Waals surface area contributed by atoms with Gasteiger partial charge in [-0.3, -0.25) is 14.9 Å². The highest BCUT2D eigenvalue weighted by Gasteiger charge is 2.14. The van der Waals surface area contributed by atoms with Crippen LogP contribution in [0.15, 0.2) is 36.4 Å². The molecule has 0 aliphatic carbocycles. The van der Waals surface area contributed by atoms with Crippen LogP contribution in [0.1, 0.15) is 23.1 Å². The summed E-state index contributed by atoms with van der Waals surface area (Å²) in [6.45, 7) is 5.82. The lowest BCUT2D eigenvalue weighted by molar-refractivity contribution is -0.385. The molecule has 126 valence electrons. The maximum atomic E-state index is 12.0. The van der Waals surface area contributed by atoms with E-state index in [-0.39, 0.29) is 24.6 Å². The van der Waals surface area contributed by atoms with E-state index in [1.807, 2.05) is 32.0 Å². The molecule has 0 aliphatic rings. The molecule has 0 saturated carbocycles. The van der Waals surface area contributed by atoms with E-state index in [9.17, 15) is 14.9 Å².